The van der Waals surface area contributed by atoms with Crippen molar-refractivity contribution in [2.75, 3.05) is 13.1 Å². The highest BCUT2D eigenvalue weighted by molar-refractivity contribution is 5.92. The van der Waals surface area contributed by atoms with Gasteiger partial charge in [0, 0.05) is 13.1 Å². The first-order valence-electron chi connectivity index (χ1n) is 8.25. The predicted molar refractivity (Wildman–Crippen MR) is 85.8 cm³/mol. The van der Waals surface area contributed by atoms with E-state index in [9.17, 15) is 18.8 Å². The van der Waals surface area contributed by atoms with Crippen molar-refractivity contribution in [1.29, 1.82) is 0 Å². The lowest BCUT2D eigenvalue weighted by atomic mass is 9.94. The summed E-state index contributed by atoms with van der Waals surface area (Å²) in [5, 5.41) is 11.3. The molecule has 0 bridgehead atoms. The molecule has 0 radical (unpaired) electrons. The first-order valence-corrected chi connectivity index (χ1v) is 8.25. The second-order valence-electron chi connectivity index (χ2n) is 5.85. The van der Waals surface area contributed by atoms with Gasteiger partial charge in [-0.3, -0.25) is 19.6 Å². The molecule has 136 valence electrons. The van der Waals surface area contributed by atoms with Crippen LogP contribution in [0.1, 0.15) is 39.0 Å². The zero-order valence-electron chi connectivity index (χ0n) is 14.0. The molecule has 0 saturated carbocycles. The molecule has 8 heteroatoms. The van der Waals surface area contributed by atoms with Gasteiger partial charge < -0.3 is 10.2 Å². The molecular formula is C16H26FN3O4. The van der Waals surface area contributed by atoms with Gasteiger partial charge in [0.05, 0.1) is 5.92 Å². The third-order valence-electron chi connectivity index (χ3n) is 4.16. The van der Waals surface area contributed by atoms with Crippen molar-refractivity contribution in [2.24, 2.45) is 5.92 Å². The molecule has 1 saturated heterocycles. The number of hydrogen-bond donors (Lipinski definition) is 3. The molecule has 2 unspecified atom stereocenters. The lowest BCUT2D eigenvalue weighted by Gasteiger charge is -2.29. The summed E-state index contributed by atoms with van der Waals surface area (Å²) in [6.07, 6.45) is 2.01. The smallest absolute Gasteiger partial charge is 0.278 e. The van der Waals surface area contributed by atoms with Crippen LogP contribution in [0.5, 0.6) is 0 Å². The number of hydroxylamine groups is 1. The van der Waals surface area contributed by atoms with E-state index in [2.05, 4.69) is 11.9 Å². The molecular weight excluding hydrogens is 317 g/mol. The first-order chi connectivity index (χ1) is 11.5. The molecule has 1 aliphatic rings. The molecule has 24 heavy (non-hydrogen) atoms. The Morgan fingerprint density at radius 3 is 2.75 bits per heavy atom. The molecule has 1 aliphatic heterocycles. The van der Waals surface area contributed by atoms with E-state index in [0.717, 1.165) is 6.42 Å². The van der Waals surface area contributed by atoms with Crippen molar-refractivity contribution in [2.45, 2.75) is 51.2 Å². The third-order valence-corrected chi connectivity index (χ3v) is 4.16. The number of unbranched alkanes of at least 4 members (excludes halogenated alkanes) is 1. The summed E-state index contributed by atoms with van der Waals surface area (Å²) < 4.78 is 14.3. The SMILES string of the molecule is C=CCNC(=O)[C@@H]1CCCN1C(=O)C(CCCC)C(F)C(=O)NO. The molecule has 0 aromatic heterocycles. The van der Waals surface area contributed by atoms with Crippen molar-refractivity contribution in [3.05, 3.63) is 12.7 Å². The number of carbonyl (C=O) groups is 3. The van der Waals surface area contributed by atoms with Crippen molar-refractivity contribution >= 4 is 17.7 Å². The topological polar surface area (TPSA) is 98.7 Å². The molecule has 0 aromatic carbocycles. The summed E-state index contributed by atoms with van der Waals surface area (Å²) >= 11 is 0. The minimum atomic E-state index is -2.15. The van der Waals surface area contributed by atoms with Crippen LogP contribution in [0.25, 0.3) is 0 Å². The van der Waals surface area contributed by atoms with Crippen LogP contribution in [0, 0.1) is 5.92 Å². The van der Waals surface area contributed by atoms with Gasteiger partial charge in [0.25, 0.3) is 5.91 Å². The van der Waals surface area contributed by atoms with Gasteiger partial charge in [-0.2, -0.15) is 0 Å². The first kappa shape index (κ1) is 20.1. The minimum absolute atomic E-state index is 0.182. The largest absolute Gasteiger partial charge is 0.351 e. The molecule has 1 rings (SSSR count). The number of alkyl halides is 1. The molecule has 3 atom stereocenters. The van der Waals surface area contributed by atoms with Gasteiger partial charge in [-0.05, 0) is 19.3 Å². The lowest BCUT2D eigenvalue weighted by molar-refractivity contribution is -0.149. The molecule has 0 aromatic rings. The fraction of sp³-hybridized carbons (Fsp3) is 0.688. The highest BCUT2D eigenvalue weighted by atomic mass is 19.1. The van der Waals surface area contributed by atoms with Gasteiger partial charge in [-0.25, -0.2) is 9.87 Å². The summed E-state index contributed by atoms with van der Waals surface area (Å²) in [5.74, 6) is -3.31. The van der Waals surface area contributed by atoms with Gasteiger partial charge in [-0.15, -0.1) is 6.58 Å². The number of amides is 3. The Kier molecular flexibility index (Phi) is 8.39. The predicted octanol–water partition coefficient (Wildman–Crippen LogP) is 0.930. The molecule has 3 amide bonds. The fourth-order valence-electron chi connectivity index (χ4n) is 2.87. The number of nitrogens with one attached hydrogen (secondary N) is 2. The third kappa shape index (κ3) is 5.02. The van der Waals surface area contributed by atoms with Gasteiger partial charge in [0.2, 0.25) is 11.8 Å². The van der Waals surface area contributed by atoms with E-state index < -0.39 is 29.9 Å². The normalized spacial score (nSPS) is 19.5. The maximum atomic E-state index is 14.3. The van der Waals surface area contributed by atoms with E-state index in [0.29, 0.717) is 25.8 Å². The van der Waals surface area contributed by atoms with Crippen LogP contribution < -0.4 is 10.8 Å². The monoisotopic (exact) mass is 343 g/mol. The number of carbonyl (C=O) groups excluding carboxylic acids is 3. The quantitative estimate of drug-likeness (QED) is 0.329. The number of halogens is 1. The fourth-order valence-corrected chi connectivity index (χ4v) is 2.87. The Hall–Kier alpha value is -1.96. The van der Waals surface area contributed by atoms with Crippen LogP contribution in [-0.4, -0.2) is 53.1 Å². The van der Waals surface area contributed by atoms with E-state index in [1.165, 1.54) is 16.5 Å². The highest BCUT2D eigenvalue weighted by Gasteiger charge is 2.41. The summed E-state index contributed by atoms with van der Waals surface area (Å²) in [5.41, 5.74) is 1.25. The molecule has 3 N–H and O–H groups in total. The molecule has 0 aliphatic carbocycles. The molecule has 7 nitrogen and oxygen atoms in total. The van der Waals surface area contributed by atoms with E-state index in [1.807, 2.05) is 6.92 Å². The maximum absolute atomic E-state index is 14.3. The number of nitrogens with zero attached hydrogens (tertiary/aromatic N) is 1. The molecule has 1 fully saturated rings. The number of rotatable bonds is 9. The Labute approximate surface area is 141 Å². The van der Waals surface area contributed by atoms with Crippen LogP contribution in [0.2, 0.25) is 0 Å². The van der Waals surface area contributed by atoms with Crippen molar-refractivity contribution in [1.82, 2.24) is 15.7 Å². The standard InChI is InChI=1S/C16H26FN3O4/c1-3-5-7-11(13(17)15(22)19-24)16(23)20-10-6-8-12(20)14(21)18-9-4-2/h4,11-13,24H,2-3,5-10H2,1H3,(H,18,21)(H,19,22)/t11?,12-,13?/m0/s1. The molecule has 0 spiro atoms. The highest BCUT2D eigenvalue weighted by Crippen LogP contribution is 2.25. The van der Waals surface area contributed by atoms with Gasteiger partial charge in [0.1, 0.15) is 6.04 Å². The van der Waals surface area contributed by atoms with Crippen molar-refractivity contribution in [3.8, 4) is 0 Å². The number of likely N-dealkylation sites (tertiary alicyclic amines) is 1. The van der Waals surface area contributed by atoms with Gasteiger partial charge in [-0.1, -0.05) is 25.8 Å². The van der Waals surface area contributed by atoms with Crippen LogP contribution in [0.15, 0.2) is 12.7 Å². The summed E-state index contributed by atoms with van der Waals surface area (Å²) in [7, 11) is 0. The summed E-state index contributed by atoms with van der Waals surface area (Å²) in [4.78, 5) is 37.6. The Morgan fingerprint density at radius 1 is 1.46 bits per heavy atom. The Bertz CT molecular complexity index is 472. The maximum Gasteiger partial charge on any atom is 0.278 e. The number of hydrogen-bond acceptors (Lipinski definition) is 4. The molecule has 1 heterocycles. The van der Waals surface area contributed by atoms with E-state index in [1.54, 1.807) is 0 Å². The second-order valence-corrected chi connectivity index (χ2v) is 5.85. The van der Waals surface area contributed by atoms with Gasteiger partial charge >= 0.3 is 0 Å². The van der Waals surface area contributed by atoms with Crippen LogP contribution in [-0.2, 0) is 14.4 Å². The zero-order valence-corrected chi connectivity index (χ0v) is 14.0. The van der Waals surface area contributed by atoms with Crippen molar-refractivity contribution < 1.29 is 24.0 Å². The van der Waals surface area contributed by atoms with E-state index in [4.69, 9.17) is 5.21 Å². The summed E-state index contributed by atoms with van der Waals surface area (Å²) in [6, 6.07) is -0.661. The van der Waals surface area contributed by atoms with E-state index >= 15 is 0 Å². The Morgan fingerprint density at radius 2 is 2.17 bits per heavy atom. The Balaban J connectivity index is 2.88. The average molecular weight is 343 g/mol. The van der Waals surface area contributed by atoms with Gasteiger partial charge in [0.15, 0.2) is 6.17 Å². The zero-order chi connectivity index (χ0) is 18.1. The van der Waals surface area contributed by atoms with Crippen LogP contribution in [0.4, 0.5) is 4.39 Å². The minimum Gasteiger partial charge on any atom is -0.351 e. The summed E-state index contributed by atoms with van der Waals surface area (Å²) in [6.45, 7) is 6.04. The van der Waals surface area contributed by atoms with Crippen molar-refractivity contribution in [3.63, 3.8) is 0 Å². The van der Waals surface area contributed by atoms with Crippen LogP contribution >= 0.6 is 0 Å². The lowest BCUT2D eigenvalue weighted by Crippen LogP contribution is -2.50. The average Bonchev–Trinajstić information content (AvgIpc) is 3.08. The van der Waals surface area contributed by atoms with Crippen LogP contribution in [0.3, 0.4) is 0 Å². The van der Waals surface area contributed by atoms with E-state index in [-0.39, 0.29) is 18.9 Å². The second kappa shape index (κ2) is 10.0.